The van der Waals surface area contributed by atoms with Gasteiger partial charge in [-0.25, -0.2) is 16.8 Å². The number of hydrogen-bond donors (Lipinski definition) is 6. The number of nitrogens with one attached hydrogen (secondary N) is 4. The first kappa shape index (κ1) is 53.7. The summed E-state index contributed by atoms with van der Waals surface area (Å²) in [5, 5.41) is 36.0. The Balaban J connectivity index is 1.41. The highest BCUT2D eigenvalue weighted by molar-refractivity contribution is 7.93. The van der Waals surface area contributed by atoms with Gasteiger partial charge in [0, 0.05) is 13.1 Å². The van der Waals surface area contributed by atoms with E-state index in [-0.39, 0.29) is 12.8 Å². The lowest BCUT2D eigenvalue weighted by molar-refractivity contribution is -0.132. The molecule has 4 aromatic rings. The molecule has 0 aliphatic rings. The van der Waals surface area contributed by atoms with Crippen molar-refractivity contribution < 1.29 is 46.2 Å². The van der Waals surface area contributed by atoms with Crippen LogP contribution in [0.2, 0.25) is 0 Å². The van der Waals surface area contributed by atoms with Gasteiger partial charge in [0.25, 0.3) is 0 Å². The molecule has 0 saturated carbocycles. The van der Waals surface area contributed by atoms with E-state index in [2.05, 4.69) is 21.3 Å². The summed E-state index contributed by atoms with van der Waals surface area (Å²) in [7, 11) is -7.56. The molecule has 0 unspecified atom stereocenters. The van der Waals surface area contributed by atoms with Crippen molar-refractivity contribution >= 4 is 64.8 Å². The van der Waals surface area contributed by atoms with Crippen LogP contribution in [-0.4, -0.2) is 109 Å². The molecule has 66 heavy (non-hydrogen) atoms. The molecule has 0 radical (unpaired) electrons. The van der Waals surface area contributed by atoms with Crippen LogP contribution >= 0.6 is 0 Å². The third-order valence-electron chi connectivity index (χ3n) is 12.1. The Morgan fingerprint density at radius 3 is 1.14 bits per heavy atom. The van der Waals surface area contributed by atoms with E-state index in [4.69, 9.17) is 0 Å². The zero-order chi connectivity index (χ0) is 49.4. The fourth-order valence-corrected chi connectivity index (χ4v) is 10.1. The van der Waals surface area contributed by atoms with Gasteiger partial charge in [0.15, 0.2) is 19.7 Å². The summed E-state index contributed by atoms with van der Waals surface area (Å²) in [6.07, 6.45) is -2.96. The van der Waals surface area contributed by atoms with Crippen LogP contribution in [0.5, 0.6) is 0 Å². The number of carbonyl (C=O) groups is 4. The average Bonchev–Trinajstić information content (AvgIpc) is 3.23. The van der Waals surface area contributed by atoms with Crippen molar-refractivity contribution in [2.75, 3.05) is 24.6 Å². The summed E-state index contributed by atoms with van der Waals surface area (Å²) in [6, 6.07) is 24.2. The molecular formula is C50H70N4O10S2. The Labute approximate surface area is 390 Å². The molecule has 4 amide bonds. The van der Waals surface area contributed by atoms with Crippen molar-refractivity contribution in [2.45, 2.75) is 116 Å². The Hall–Kier alpha value is -4.90. The number of fused-ring (bicyclic) bond motifs is 2. The van der Waals surface area contributed by atoms with Gasteiger partial charge in [-0.1, -0.05) is 113 Å². The van der Waals surface area contributed by atoms with E-state index >= 15 is 0 Å². The molecular weight excluding hydrogens is 881 g/mol. The van der Waals surface area contributed by atoms with Crippen LogP contribution in [0.4, 0.5) is 0 Å². The van der Waals surface area contributed by atoms with Crippen LogP contribution in [0.25, 0.3) is 21.5 Å². The van der Waals surface area contributed by atoms with Crippen LogP contribution in [0.1, 0.15) is 80.4 Å². The molecule has 0 aliphatic heterocycles. The number of sulfone groups is 2. The molecule has 16 heteroatoms. The van der Waals surface area contributed by atoms with Gasteiger partial charge in [0.05, 0.1) is 45.0 Å². The minimum absolute atomic E-state index is 0.0949. The monoisotopic (exact) mass is 950 g/mol. The zero-order valence-electron chi connectivity index (χ0n) is 39.9. The van der Waals surface area contributed by atoms with Gasteiger partial charge in [-0.2, -0.15) is 0 Å². The fourth-order valence-electron chi connectivity index (χ4n) is 7.47. The van der Waals surface area contributed by atoms with E-state index < -0.39 is 125 Å². The van der Waals surface area contributed by atoms with Crippen LogP contribution in [-0.2, 0) is 51.7 Å². The summed E-state index contributed by atoms with van der Waals surface area (Å²) in [6.45, 7) is 15.3. The average molecular weight is 951 g/mol. The second kappa shape index (κ2) is 22.3. The minimum Gasteiger partial charge on any atom is -0.389 e. The van der Waals surface area contributed by atoms with Crippen molar-refractivity contribution in [3.05, 3.63) is 96.1 Å². The zero-order valence-corrected chi connectivity index (χ0v) is 41.6. The van der Waals surface area contributed by atoms with Crippen LogP contribution in [0.3, 0.4) is 0 Å². The van der Waals surface area contributed by atoms with Crippen molar-refractivity contribution in [1.82, 2.24) is 21.3 Å². The van der Waals surface area contributed by atoms with Crippen LogP contribution < -0.4 is 21.3 Å². The highest BCUT2D eigenvalue weighted by Gasteiger charge is 2.38. The van der Waals surface area contributed by atoms with Crippen molar-refractivity contribution in [3.8, 4) is 0 Å². The lowest BCUT2D eigenvalue weighted by Gasteiger charge is -2.28. The van der Waals surface area contributed by atoms with Crippen LogP contribution in [0, 0.1) is 23.7 Å². The van der Waals surface area contributed by atoms with Crippen LogP contribution in [0.15, 0.2) is 84.9 Å². The first-order chi connectivity index (χ1) is 30.6. The molecule has 0 aromatic heterocycles. The highest BCUT2D eigenvalue weighted by Crippen LogP contribution is 2.27. The molecule has 0 bridgehead atoms. The summed E-state index contributed by atoms with van der Waals surface area (Å²) in [5.74, 6) is -6.54. The number of benzene rings is 4. The smallest absolute Gasteiger partial charge is 0.242 e. The Morgan fingerprint density at radius 1 is 0.500 bits per heavy atom. The Morgan fingerprint density at radius 2 is 0.818 bits per heavy atom. The molecule has 6 atom stereocenters. The van der Waals surface area contributed by atoms with Gasteiger partial charge < -0.3 is 31.5 Å². The van der Waals surface area contributed by atoms with Gasteiger partial charge in [-0.05, 0) is 98.9 Å². The molecule has 0 saturated heterocycles. The molecule has 0 heterocycles. The van der Waals surface area contributed by atoms with E-state index in [0.29, 0.717) is 0 Å². The molecule has 0 spiro atoms. The summed E-state index contributed by atoms with van der Waals surface area (Å²) >= 11 is 0. The second-order valence-corrected chi connectivity index (χ2v) is 25.5. The van der Waals surface area contributed by atoms with E-state index in [0.717, 1.165) is 32.7 Å². The summed E-state index contributed by atoms with van der Waals surface area (Å²) in [5.41, 5.74) is 1.56. The third kappa shape index (κ3) is 14.1. The topological polar surface area (TPSA) is 225 Å². The minimum atomic E-state index is -3.78. The number of amides is 4. The number of rotatable bonds is 21. The normalized spacial score (nSPS) is 15.4. The predicted octanol–water partition coefficient (Wildman–Crippen LogP) is 4.67. The van der Waals surface area contributed by atoms with E-state index in [1.54, 1.807) is 69.2 Å². The maximum Gasteiger partial charge on any atom is 0.242 e. The first-order valence-electron chi connectivity index (χ1n) is 22.5. The van der Waals surface area contributed by atoms with Crippen molar-refractivity contribution in [3.63, 3.8) is 0 Å². The lowest BCUT2D eigenvalue weighted by Crippen LogP contribution is -2.55. The van der Waals surface area contributed by atoms with E-state index in [1.165, 1.54) is 0 Å². The standard InChI is InChI=1S/C50H70N4O10S2/c1-31(2)43(53-45(57)37(29-65(61,62)49(5,6)7)25-35-21-15-19-33-17-11-13-23-39(33)35)47(59)51-27-41(55)42(56)28-52-48(60)44(32(3)4)54-46(58)38(30-66(63,64)50(8,9)10)26-36-22-16-20-34-18-12-14-24-40(34)36/h11-24,31-32,37-38,41-44,55-56H,25-30H2,1-10H3,(H,51,59)(H,52,60)(H,53,57)(H,54,58)/t37-,38-,41-,42-,43+,44+/m1/s1. The number of aliphatic hydroxyl groups excluding tert-OH is 2. The Bertz CT molecular complexity index is 2380. The summed E-state index contributed by atoms with van der Waals surface area (Å²) < 4.78 is 51.5. The van der Waals surface area contributed by atoms with Gasteiger partial charge in [0.2, 0.25) is 23.6 Å². The van der Waals surface area contributed by atoms with E-state index in [9.17, 15) is 46.2 Å². The number of hydrogen-bond acceptors (Lipinski definition) is 10. The first-order valence-corrected chi connectivity index (χ1v) is 25.8. The molecule has 4 rings (SSSR count). The molecule has 362 valence electrons. The maximum absolute atomic E-state index is 14.0. The summed E-state index contributed by atoms with van der Waals surface area (Å²) in [4.78, 5) is 55.1. The number of carbonyl (C=O) groups excluding carboxylic acids is 4. The predicted molar refractivity (Wildman–Crippen MR) is 261 cm³/mol. The third-order valence-corrected chi connectivity index (χ3v) is 17.5. The second-order valence-electron chi connectivity index (χ2n) is 20.0. The SMILES string of the molecule is CC(C)[C@H](NC(=O)[C@H](Cc1cccc2ccccc12)CS(=O)(=O)C(C)(C)C)C(=O)NC[C@@H](O)[C@H](O)CNC(=O)[C@@H](NC(=O)[C@H](Cc1cccc2ccccc12)CS(=O)(=O)C(C)(C)C)C(C)C. The number of aliphatic hydroxyl groups is 2. The molecule has 0 fully saturated rings. The van der Waals surface area contributed by atoms with Gasteiger partial charge >= 0.3 is 0 Å². The van der Waals surface area contributed by atoms with Crippen molar-refractivity contribution in [1.29, 1.82) is 0 Å². The van der Waals surface area contributed by atoms with E-state index in [1.807, 2.05) is 84.9 Å². The largest absolute Gasteiger partial charge is 0.389 e. The molecule has 6 N–H and O–H groups in total. The molecule has 0 aliphatic carbocycles. The highest BCUT2D eigenvalue weighted by atomic mass is 32.2. The fraction of sp³-hybridized carbons (Fsp3) is 0.520. The Kier molecular flexibility index (Phi) is 18.1. The van der Waals surface area contributed by atoms with Gasteiger partial charge in [0.1, 0.15) is 12.1 Å². The van der Waals surface area contributed by atoms with Gasteiger partial charge in [-0.3, -0.25) is 19.2 Å². The van der Waals surface area contributed by atoms with Crippen molar-refractivity contribution in [2.24, 2.45) is 23.7 Å². The lowest BCUT2D eigenvalue weighted by atomic mass is 9.94. The quantitative estimate of drug-likeness (QED) is 0.0677. The van der Waals surface area contributed by atoms with Gasteiger partial charge in [-0.15, -0.1) is 0 Å². The molecule has 4 aromatic carbocycles. The molecule has 14 nitrogen and oxygen atoms in total. The maximum atomic E-state index is 14.0.